The maximum atomic E-state index is 12.9. The fourth-order valence-electron chi connectivity index (χ4n) is 3.15. The number of pyridine rings is 1. The molecule has 9 heteroatoms. The average molecular weight is 449 g/mol. The van der Waals surface area contributed by atoms with E-state index in [1.54, 1.807) is 47.3 Å². The maximum Gasteiger partial charge on any atom is 0.339 e. The first-order valence-electron chi connectivity index (χ1n) is 9.92. The molecule has 3 aromatic heterocycles. The lowest BCUT2D eigenvalue weighted by Crippen LogP contribution is -2.34. The Morgan fingerprint density at radius 3 is 2.59 bits per heavy atom. The number of fused-ring (bicyclic) bond motifs is 1. The monoisotopic (exact) mass is 448 g/mol. The van der Waals surface area contributed by atoms with Gasteiger partial charge >= 0.3 is 5.97 Å². The second-order valence-electron chi connectivity index (χ2n) is 7.27. The van der Waals surface area contributed by atoms with Crippen LogP contribution in [-0.2, 0) is 9.53 Å². The van der Waals surface area contributed by atoms with Gasteiger partial charge in [0.25, 0.3) is 11.8 Å². The molecule has 8 nitrogen and oxygen atoms in total. The topological polar surface area (TPSA) is 103 Å². The van der Waals surface area contributed by atoms with Gasteiger partial charge in [-0.3, -0.25) is 14.9 Å². The SMILES string of the molecule is CC(C)n1ncc2c(C(=O)OCC(=O)NC(=O)c3ccccc3)cc(-c3cccs3)nc21. The predicted molar refractivity (Wildman–Crippen MR) is 120 cm³/mol. The van der Waals surface area contributed by atoms with Crippen LogP contribution in [0, 0.1) is 0 Å². The van der Waals surface area contributed by atoms with Gasteiger partial charge in [-0.2, -0.15) is 5.10 Å². The van der Waals surface area contributed by atoms with Gasteiger partial charge < -0.3 is 4.74 Å². The van der Waals surface area contributed by atoms with Crippen LogP contribution in [0.4, 0.5) is 0 Å². The van der Waals surface area contributed by atoms with Crippen molar-refractivity contribution in [2.75, 3.05) is 6.61 Å². The van der Waals surface area contributed by atoms with Crippen LogP contribution < -0.4 is 5.32 Å². The van der Waals surface area contributed by atoms with Crippen molar-refractivity contribution in [2.24, 2.45) is 0 Å². The summed E-state index contributed by atoms with van der Waals surface area (Å²) in [6.07, 6.45) is 1.57. The van der Waals surface area contributed by atoms with Crippen molar-refractivity contribution >= 4 is 40.2 Å². The van der Waals surface area contributed by atoms with E-state index in [0.717, 1.165) is 4.88 Å². The molecule has 4 aromatic rings. The van der Waals surface area contributed by atoms with Crippen LogP contribution in [0.25, 0.3) is 21.6 Å². The summed E-state index contributed by atoms with van der Waals surface area (Å²) in [5, 5.41) is 9.02. The molecule has 0 saturated heterocycles. The number of aromatic nitrogens is 3. The maximum absolute atomic E-state index is 12.9. The van der Waals surface area contributed by atoms with Gasteiger partial charge in [-0.15, -0.1) is 11.3 Å². The number of nitrogens with zero attached hydrogens (tertiary/aromatic N) is 3. The fraction of sp³-hybridized carbons (Fsp3) is 0.174. The largest absolute Gasteiger partial charge is 0.452 e. The molecule has 3 heterocycles. The molecule has 162 valence electrons. The Kier molecular flexibility index (Phi) is 6.09. The summed E-state index contributed by atoms with van der Waals surface area (Å²) in [5.74, 6) is -1.97. The lowest BCUT2D eigenvalue weighted by molar-refractivity contribution is -0.123. The number of nitrogens with one attached hydrogen (secondary N) is 1. The Hall–Kier alpha value is -3.85. The molecule has 0 spiro atoms. The number of benzene rings is 1. The molecule has 0 aliphatic heterocycles. The van der Waals surface area contributed by atoms with E-state index in [9.17, 15) is 14.4 Å². The lowest BCUT2D eigenvalue weighted by atomic mass is 10.1. The summed E-state index contributed by atoms with van der Waals surface area (Å²) >= 11 is 1.50. The minimum atomic E-state index is -0.714. The van der Waals surface area contributed by atoms with E-state index in [2.05, 4.69) is 15.4 Å². The lowest BCUT2D eigenvalue weighted by Gasteiger charge is -2.10. The Morgan fingerprint density at radius 2 is 1.91 bits per heavy atom. The third-order valence-electron chi connectivity index (χ3n) is 4.67. The molecule has 32 heavy (non-hydrogen) atoms. The second-order valence-corrected chi connectivity index (χ2v) is 8.22. The summed E-state index contributed by atoms with van der Waals surface area (Å²) in [6.45, 7) is 3.35. The summed E-state index contributed by atoms with van der Waals surface area (Å²) < 4.78 is 6.94. The minimum Gasteiger partial charge on any atom is -0.452 e. The molecular formula is C23H20N4O4S. The number of hydrogen-bond donors (Lipinski definition) is 1. The number of carbonyl (C=O) groups is 3. The molecule has 1 aromatic carbocycles. The first-order chi connectivity index (χ1) is 15.4. The Morgan fingerprint density at radius 1 is 1.12 bits per heavy atom. The van der Waals surface area contributed by atoms with E-state index in [4.69, 9.17) is 4.74 Å². The Balaban J connectivity index is 1.55. The number of rotatable bonds is 6. The third-order valence-corrected chi connectivity index (χ3v) is 5.57. The molecule has 0 saturated carbocycles. The van der Waals surface area contributed by atoms with Gasteiger partial charge in [0.15, 0.2) is 12.3 Å². The normalized spacial score (nSPS) is 11.0. The highest BCUT2D eigenvalue weighted by molar-refractivity contribution is 7.13. The van der Waals surface area contributed by atoms with E-state index in [1.165, 1.54) is 11.3 Å². The molecule has 0 aliphatic rings. The summed E-state index contributed by atoms with van der Waals surface area (Å²) in [4.78, 5) is 42.7. The van der Waals surface area contributed by atoms with Gasteiger partial charge in [-0.05, 0) is 43.5 Å². The smallest absolute Gasteiger partial charge is 0.339 e. The van der Waals surface area contributed by atoms with Crippen LogP contribution in [0.5, 0.6) is 0 Å². The molecular weight excluding hydrogens is 428 g/mol. The van der Waals surface area contributed by atoms with Crippen molar-refractivity contribution in [1.82, 2.24) is 20.1 Å². The Labute approximate surface area is 187 Å². The van der Waals surface area contributed by atoms with E-state index in [-0.39, 0.29) is 11.6 Å². The predicted octanol–water partition coefficient (Wildman–Crippen LogP) is 3.85. The molecule has 2 amide bonds. The fourth-order valence-corrected chi connectivity index (χ4v) is 3.83. The number of ether oxygens (including phenoxy) is 1. The molecule has 0 aliphatic carbocycles. The highest BCUT2D eigenvalue weighted by Gasteiger charge is 2.21. The summed E-state index contributed by atoms with van der Waals surface area (Å²) in [7, 11) is 0. The zero-order valence-electron chi connectivity index (χ0n) is 17.4. The number of thiophene rings is 1. The van der Waals surface area contributed by atoms with Crippen LogP contribution in [0.1, 0.15) is 40.6 Å². The van der Waals surface area contributed by atoms with E-state index in [0.29, 0.717) is 22.3 Å². The molecule has 0 radical (unpaired) electrons. The summed E-state index contributed by atoms with van der Waals surface area (Å²) in [6, 6.07) is 13.8. The van der Waals surface area contributed by atoms with E-state index >= 15 is 0 Å². The molecule has 0 atom stereocenters. The molecule has 1 N–H and O–H groups in total. The highest BCUT2D eigenvalue weighted by atomic mass is 32.1. The van der Waals surface area contributed by atoms with Gasteiger partial charge in [-0.25, -0.2) is 14.5 Å². The standard InChI is InChI=1S/C23H20N4O4S/c1-14(2)27-21-17(12-24-27)16(11-18(25-21)19-9-6-10-32-19)23(30)31-13-20(28)26-22(29)15-7-4-3-5-8-15/h3-12,14H,13H2,1-2H3,(H,26,28,29). The zero-order valence-corrected chi connectivity index (χ0v) is 18.3. The van der Waals surface area contributed by atoms with Crippen molar-refractivity contribution in [2.45, 2.75) is 19.9 Å². The number of carbonyl (C=O) groups excluding carboxylic acids is 3. The molecule has 4 rings (SSSR count). The minimum absolute atomic E-state index is 0.0391. The van der Waals surface area contributed by atoms with Gasteiger partial charge in [0.2, 0.25) is 0 Å². The van der Waals surface area contributed by atoms with Crippen LogP contribution in [0.3, 0.4) is 0 Å². The highest BCUT2D eigenvalue weighted by Crippen LogP contribution is 2.29. The number of imide groups is 1. The third kappa shape index (κ3) is 4.42. The van der Waals surface area contributed by atoms with Crippen molar-refractivity contribution < 1.29 is 19.1 Å². The van der Waals surface area contributed by atoms with Gasteiger partial charge in [0.05, 0.1) is 27.7 Å². The average Bonchev–Trinajstić information content (AvgIpc) is 3.47. The van der Waals surface area contributed by atoms with Gasteiger partial charge in [0.1, 0.15) is 0 Å². The van der Waals surface area contributed by atoms with E-state index < -0.39 is 24.4 Å². The summed E-state index contributed by atoms with van der Waals surface area (Å²) in [5.41, 5.74) is 1.77. The first kappa shape index (κ1) is 21.4. The zero-order chi connectivity index (χ0) is 22.7. The molecule has 0 bridgehead atoms. The number of amides is 2. The first-order valence-corrected chi connectivity index (χ1v) is 10.8. The van der Waals surface area contributed by atoms with Crippen molar-refractivity contribution in [3.63, 3.8) is 0 Å². The molecule has 0 fully saturated rings. The number of esters is 1. The van der Waals surface area contributed by atoms with Crippen LogP contribution in [0.2, 0.25) is 0 Å². The van der Waals surface area contributed by atoms with Crippen LogP contribution >= 0.6 is 11.3 Å². The Bertz CT molecular complexity index is 1280. The molecule has 0 unspecified atom stereocenters. The second kappa shape index (κ2) is 9.11. The van der Waals surface area contributed by atoms with Crippen LogP contribution in [-0.4, -0.2) is 39.2 Å². The van der Waals surface area contributed by atoms with Crippen molar-refractivity contribution in [3.05, 3.63) is 71.2 Å². The number of hydrogen-bond acceptors (Lipinski definition) is 7. The van der Waals surface area contributed by atoms with Crippen molar-refractivity contribution in [3.8, 4) is 10.6 Å². The van der Waals surface area contributed by atoms with E-state index in [1.807, 2.05) is 31.4 Å². The van der Waals surface area contributed by atoms with Crippen molar-refractivity contribution in [1.29, 1.82) is 0 Å². The quantitative estimate of drug-likeness (QED) is 0.450. The van der Waals surface area contributed by atoms with Crippen LogP contribution in [0.15, 0.2) is 60.1 Å². The van der Waals surface area contributed by atoms with Gasteiger partial charge in [-0.1, -0.05) is 24.3 Å². The van der Waals surface area contributed by atoms with Gasteiger partial charge in [0, 0.05) is 11.6 Å².